The minimum absolute atomic E-state index is 0.656. The lowest BCUT2D eigenvalue weighted by atomic mass is 10.2. The van der Waals surface area contributed by atoms with E-state index in [9.17, 15) is 0 Å². The molecule has 0 spiro atoms. The van der Waals surface area contributed by atoms with E-state index in [1.807, 2.05) is 35.1 Å². The van der Waals surface area contributed by atoms with E-state index in [1.54, 1.807) is 14.2 Å². The van der Waals surface area contributed by atoms with Gasteiger partial charge in [-0.1, -0.05) is 12.1 Å². The van der Waals surface area contributed by atoms with Crippen molar-refractivity contribution >= 4 is 0 Å². The number of ether oxygens (including phenoxy) is 2. The van der Waals surface area contributed by atoms with Crippen LogP contribution in [0.5, 0.6) is 11.6 Å². The Hall–Kier alpha value is -2.01. The van der Waals surface area contributed by atoms with Crippen LogP contribution in [0.15, 0.2) is 30.5 Å². The van der Waals surface area contributed by atoms with Gasteiger partial charge in [-0.3, -0.25) is 0 Å². The van der Waals surface area contributed by atoms with Gasteiger partial charge in [0.1, 0.15) is 5.75 Å². The first-order chi connectivity index (χ1) is 9.78. The van der Waals surface area contributed by atoms with Crippen LogP contribution < -0.4 is 15.2 Å². The molecule has 0 atom stereocenters. The van der Waals surface area contributed by atoms with Crippen molar-refractivity contribution in [3.8, 4) is 11.6 Å². The Bertz CT molecular complexity index is 552. The Labute approximate surface area is 119 Å². The zero-order valence-electron chi connectivity index (χ0n) is 12.0. The molecule has 2 rings (SSSR count). The largest absolute Gasteiger partial charge is 0.497 e. The first kappa shape index (κ1) is 14.4. The Kier molecular flexibility index (Phi) is 5.01. The summed E-state index contributed by atoms with van der Waals surface area (Å²) in [5.41, 5.74) is 7.77. The van der Waals surface area contributed by atoms with E-state index in [2.05, 4.69) is 5.10 Å². The molecule has 0 fully saturated rings. The molecule has 0 unspecified atom stereocenters. The molecule has 2 aromatic rings. The standard InChI is InChI=1S/C15H21N3O2/c1-19-14-7-3-5-12(9-14)11-18-15(20-2)13(10-17-18)6-4-8-16/h3,5,7,9-10H,4,6,8,11,16H2,1-2H3. The molecule has 5 heteroatoms. The SMILES string of the molecule is COc1cccc(Cn2ncc(CCCN)c2OC)c1. The van der Waals surface area contributed by atoms with Crippen molar-refractivity contribution in [3.63, 3.8) is 0 Å². The number of methoxy groups -OCH3 is 2. The highest BCUT2D eigenvalue weighted by molar-refractivity contribution is 5.30. The minimum atomic E-state index is 0.656. The number of hydrogen-bond donors (Lipinski definition) is 1. The van der Waals surface area contributed by atoms with Crippen molar-refractivity contribution in [2.24, 2.45) is 5.73 Å². The van der Waals surface area contributed by atoms with Gasteiger partial charge in [-0.15, -0.1) is 0 Å². The smallest absolute Gasteiger partial charge is 0.215 e. The van der Waals surface area contributed by atoms with Gasteiger partial charge in [0.2, 0.25) is 5.88 Å². The normalized spacial score (nSPS) is 10.6. The monoisotopic (exact) mass is 275 g/mol. The molecule has 0 aliphatic rings. The Morgan fingerprint density at radius 2 is 2.10 bits per heavy atom. The summed E-state index contributed by atoms with van der Waals surface area (Å²) < 4.78 is 12.6. The third kappa shape index (κ3) is 3.30. The highest BCUT2D eigenvalue weighted by Gasteiger charge is 2.11. The molecule has 1 aromatic carbocycles. The lowest BCUT2D eigenvalue weighted by Gasteiger charge is -2.09. The number of nitrogens with two attached hydrogens (primary N) is 1. The van der Waals surface area contributed by atoms with Gasteiger partial charge < -0.3 is 15.2 Å². The summed E-state index contributed by atoms with van der Waals surface area (Å²) in [6.07, 6.45) is 3.67. The lowest BCUT2D eigenvalue weighted by Crippen LogP contribution is -2.05. The minimum Gasteiger partial charge on any atom is -0.497 e. The van der Waals surface area contributed by atoms with Gasteiger partial charge in [-0.05, 0) is 37.1 Å². The number of nitrogens with zero attached hydrogens (tertiary/aromatic N) is 2. The van der Waals surface area contributed by atoms with E-state index in [0.29, 0.717) is 13.1 Å². The molecule has 1 aromatic heterocycles. The molecular formula is C15H21N3O2. The van der Waals surface area contributed by atoms with E-state index in [-0.39, 0.29) is 0 Å². The summed E-state index contributed by atoms with van der Waals surface area (Å²) in [7, 11) is 3.34. The Morgan fingerprint density at radius 1 is 1.25 bits per heavy atom. The van der Waals surface area contributed by atoms with E-state index in [4.69, 9.17) is 15.2 Å². The van der Waals surface area contributed by atoms with Gasteiger partial charge >= 0.3 is 0 Å². The van der Waals surface area contributed by atoms with Crippen molar-refractivity contribution in [2.45, 2.75) is 19.4 Å². The first-order valence-corrected chi connectivity index (χ1v) is 6.70. The summed E-state index contributed by atoms with van der Waals surface area (Å²) in [5, 5.41) is 4.40. The summed E-state index contributed by atoms with van der Waals surface area (Å²) in [4.78, 5) is 0. The van der Waals surface area contributed by atoms with Crippen LogP contribution in [0.1, 0.15) is 17.5 Å². The summed E-state index contributed by atoms with van der Waals surface area (Å²) in [6, 6.07) is 7.94. The molecule has 0 radical (unpaired) electrons. The molecule has 0 saturated carbocycles. The van der Waals surface area contributed by atoms with E-state index >= 15 is 0 Å². The zero-order chi connectivity index (χ0) is 14.4. The zero-order valence-corrected chi connectivity index (χ0v) is 12.0. The predicted octanol–water partition coefficient (Wildman–Crippen LogP) is 1.84. The second-order valence-corrected chi connectivity index (χ2v) is 4.58. The van der Waals surface area contributed by atoms with Crippen LogP contribution >= 0.6 is 0 Å². The Balaban J connectivity index is 2.17. The second kappa shape index (κ2) is 6.96. The summed E-state index contributed by atoms with van der Waals surface area (Å²) in [5.74, 6) is 1.65. The lowest BCUT2D eigenvalue weighted by molar-refractivity contribution is 0.362. The fourth-order valence-corrected chi connectivity index (χ4v) is 2.17. The van der Waals surface area contributed by atoms with E-state index in [0.717, 1.165) is 35.6 Å². The van der Waals surface area contributed by atoms with Gasteiger partial charge in [0.25, 0.3) is 0 Å². The van der Waals surface area contributed by atoms with Gasteiger partial charge in [0.05, 0.1) is 27.0 Å². The van der Waals surface area contributed by atoms with Crippen LogP contribution in [0.25, 0.3) is 0 Å². The number of rotatable bonds is 7. The molecule has 0 amide bonds. The fourth-order valence-electron chi connectivity index (χ4n) is 2.17. The van der Waals surface area contributed by atoms with Gasteiger partial charge in [0, 0.05) is 5.56 Å². The number of aryl methyl sites for hydroxylation is 1. The van der Waals surface area contributed by atoms with Crippen LogP contribution in [0.3, 0.4) is 0 Å². The molecule has 0 bridgehead atoms. The van der Waals surface area contributed by atoms with Crippen LogP contribution in [0, 0.1) is 0 Å². The molecule has 0 saturated heterocycles. The van der Waals surface area contributed by atoms with Crippen LogP contribution in [0.2, 0.25) is 0 Å². The summed E-state index contributed by atoms with van der Waals surface area (Å²) >= 11 is 0. The second-order valence-electron chi connectivity index (χ2n) is 4.58. The molecule has 1 heterocycles. The highest BCUT2D eigenvalue weighted by atomic mass is 16.5. The highest BCUT2D eigenvalue weighted by Crippen LogP contribution is 2.21. The molecule has 108 valence electrons. The third-order valence-electron chi connectivity index (χ3n) is 3.17. The maximum absolute atomic E-state index is 5.55. The fraction of sp³-hybridized carbons (Fsp3) is 0.400. The van der Waals surface area contributed by atoms with Crippen molar-refractivity contribution in [1.29, 1.82) is 0 Å². The van der Waals surface area contributed by atoms with Crippen molar-refractivity contribution in [1.82, 2.24) is 9.78 Å². The van der Waals surface area contributed by atoms with Crippen LogP contribution in [0.4, 0.5) is 0 Å². The molecule has 0 aliphatic heterocycles. The van der Waals surface area contributed by atoms with E-state index in [1.165, 1.54) is 0 Å². The number of hydrogen-bond acceptors (Lipinski definition) is 4. The van der Waals surface area contributed by atoms with Crippen molar-refractivity contribution < 1.29 is 9.47 Å². The number of aromatic nitrogens is 2. The predicted molar refractivity (Wildman–Crippen MR) is 78.3 cm³/mol. The molecule has 5 nitrogen and oxygen atoms in total. The first-order valence-electron chi connectivity index (χ1n) is 6.70. The molecule has 0 aliphatic carbocycles. The maximum atomic E-state index is 5.55. The molecule has 20 heavy (non-hydrogen) atoms. The average molecular weight is 275 g/mol. The maximum Gasteiger partial charge on any atom is 0.215 e. The molecular weight excluding hydrogens is 254 g/mol. The molecule has 2 N–H and O–H groups in total. The van der Waals surface area contributed by atoms with Gasteiger partial charge in [0.15, 0.2) is 0 Å². The average Bonchev–Trinajstić information content (AvgIpc) is 2.87. The third-order valence-corrected chi connectivity index (χ3v) is 3.17. The van der Waals surface area contributed by atoms with Gasteiger partial charge in [-0.2, -0.15) is 5.10 Å². The number of benzene rings is 1. The van der Waals surface area contributed by atoms with Crippen molar-refractivity contribution in [3.05, 3.63) is 41.6 Å². The van der Waals surface area contributed by atoms with Gasteiger partial charge in [-0.25, -0.2) is 4.68 Å². The van der Waals surface area contributed by atoms with Crippen LogP contribution in [-0.4, -0.2) is 30.5 Å². The van der Waals surface area contributed by atoms with Crippen molar-refractivity contribution in [2.75, 3.05) is 20.8 Å². The van der Waals surface area contributed by atoms with E-state index < -0.39 is 0 Å². The quantitative estimate of drug-likeness (QED) is 0.837. The van der Waals surface area contributed by atoms with Crippen LogP contribution in [-0.2, 0) is 13.0 Å². The Morgan fingerprint density at radius 3 is 2.80 bits per heavy atom. The topological polar surface area (TPSA) is 62.3 Å². The summed E-state index contributed by atoms with van der Waals surface area (Å²) in [6.45, 7) is 1.33.